The van der Waals surface area contributed by atoms with E-state index in [-0.39, 0.29) is 37.4 Å². The van der Waals surface area contributed by atoms with Gasteiger partial charge in [0.1, 0.15) is 18.7 Å². The highest BCUT2D eigenvalue weighted by Gasteiger charge is 2.31. The number of carbonyl (C=O) groups is 4. The molecular formula is C24H36N4O6. The molecule has 1 aliphatic heterocycles. The molecule has 0 radical (unpaired) electrons. The minimum absolute atomic E-state index is 0.159. The molecule has 188 valence electrons. The van der Waals surface area contributed by atoms with Gasteiger partial charge in [0.15, 0.2) is 0 Å². The Morgan fingerprint density at radius 2 is 1.85 bits per heavy atom. The van der Waals surface area contributed by atoms with Crippen LogP contribution in [0.5, 0.6) is 0 Å². The number of esters is 1. The van der Waals surface area contributed by atoms with Gasteiger partial charge in [-0.05, 0) is 43.7 Å². The highest BCUT2D eigenvalue weighted by atomic mass is 16.5. The van der Waals surface area contributed by atoms with Crippen molar-refractivity contribution in [2.45, 2.75) is 64.3 Å². The Balaban J connectivity index is 1.80. The topological polar surface area (TPSA) is 135 Å². The Morgan fingerprint density at radius 1 is 1.12 bits per heavy atom. The van der Waals surface area contributed by atoms with E-state index in [4.69, 9.17) is 9.47 Å². The van der Waals surface area contributed by atoms with E-state index in [1.54, 1.807) is 0 Å². The molecule has 1 saturated heterocycles. The molecule has 1 fully saturated rings. The van der Waals surface area contributed by atoms with Crippen LogP contribution in [0.25, 0.3) is 0 Å². The van der Waals surface area contributed by atoms with Gasteiger partial charge < -0.3 is 30.7 Å². The van der Waals surface area contributed by atoms with Crippen LogP contribution < -0.4 is 21.3 Å². The Labute approximate surface area is 200 Å². The van der Waals surface area contributed by atoms with Gasteiger partial charge in [-0.25, -0.2) is 9.59 Å². The van der Waals surface area contributed by atoms with Crippen molar-refractivity contribution < 1.29 is 28.7 Å². The molecule has 1 aromatic rings. The normalized spacial score (nSPS) is 16.9. The molecule has 34 heavy (non-hydrogen) atoms. The van der Waals surface area contributed by atoms with Gasteiger partial charge in [-0.1, -0.05) is 44.2 Å². The van der Waals surface area contributed by atoms with Gasteiger partial charge >= 0.3 is 12.1 Å². The molecule has 0 aliphatic carbocycles. The smallest absolute Gasteiger partial charge is 0.407 e. The molecule has 1 aromatic carbocycles. The van der Waals surface area contributed by atoms with Gasteiger partial charge in [0.2, 0.25) is 11.8 Å². The van der Waals surface area contributed by atoms with Crippen LogP contribution in [0.2, 0.25) is 0 Å². The molecule has 0 aromatic heterocycles. The number of hydrogen-bond acceptors (Lipinski definition) is 7. The Kier molecular flexibility index (Phi) is 11.3. The second kappa shape index (κ2) is 14.2. The third-order valence-corrected chi connectivity index (χ3v) is 5.58. The molecule has 1 aliphatic rings. The summed E-state index contributed by atoms with van der Waals surface area (Å²) in [5.74, 6) is -1.44. The molecule has 3 atom stereocenters. The predicted octanol–water partition coefficient (Wildman–Crippen LogP) is 1.24. The van der Waals surface area contributed by atoms with Crippen LogP contribution in [-0.2, 0) is 30.5 Å². The molecule has 10 heteroatoms. The van der Waals surface area contributed by atoms with Crippen LogP contribution in [-0.4, -0.2) is 62.2 Å². The van der Waals surface area contributed by atoms with Crippen molar-refractivity contribution in [3.63, 3.8) is 0 Å². The fourth-order valence-corrected chi connectivity index (χ4v) is 3.62. The maximum atomic E-state index is 12.9. The summed E-state index contributed by atoms with van der Waals surface area (Å²) >= 11 is 0. The zero-order valence-electron chi connectivity index (χ0n) is 20.1. The molecule has 1 heterocycles. The van der Waals surface area contributed by atoms with Crippen molar-refractivity contribution in [2.75, 3.05) is 20.2 Å². The first kappa shape index (κ1) is 27.1. The van der Waals surface area contributed by atoms with Gasteiger partial charge in [-0.15, -0.1) is 0 Å². The maximum absolute atomic E-state index is 12.9. The molecule has 10 nitrogen and oxygen atoms in total. The minimum Gasteiger partial charge on any atom is -0.467 e. The number of benzene rings is 1. The molecule has 4 N–H and O–H groups in total. The fourth-order valence-electron chi connectivity index (χ4n) is 3.62. The van der Waals surface area contributed by atoms with E-state index in [0.29, 0.717) is 6.42 Å². The lowest BCUT2D eigenvalue weighted by Crippen LogP contribution is -2.56. The second-order valence-electron chi connectivity index (χ2n) is 8.59. The molecule has 0 saturated carbocycles. The summed E-state index contributed by atoms with van der Waals surface area (Å²) < 4.78 is 9.97. The number of methoxy groups -OCH3 is 1. The number of ether oxygens (including phenoxy) is 2. The summed E-state index contributed by atoms with van der Waals surface area (Å²) in [6.45, 7) is 4.84. The number of amides is 3. The van der Waals surface area contributed by atoms with E-state index < -0.39 is 30.1 Å². The molecule has 0 spiro atoms. The molecular weight excluding hydrogens is 440 g/mol. The molecule has 3 amide bonds. The van der Waals surface area contributed by atoms with Gasteiger partial charge in [0.05, 0.1) is 13.2 Å². The lowest BCUT2D eigenvalue weighted by molar-refractivity contribution is -0.145. The molecule has 2 rings (SSSR count). The SMILES string of the molecule is COC(=O)C(CCCNC(=O)OCc1ccccc1)NC(=O)C(NC(=O)[C@H]1CCCN1)C(C)C. The summed E-state index contributed by atoms with van der Waals surface area (Å²) in [5, 5.41) is 11.2. The minimum atomic E-state index is -0.901. The van der Waals surface area contributed by atoms with Crippen molar-refractivity contribution in [2.24, 2.45) is 5.92 Å². The standard InChI is InChI=1S/C24H36N4O6/c1-16(2)20(28-21(29)18-11-7-13-25-18)22(30)27-19(23(31)33-3)12-8-14-26-24(32)34-15-17-9-5-4-6-10-17/h4-6,9-10,16,18-20,25H,7-8,11-15H2,1-3H3,(H,26,32)(H,27,30)(H,28,29)/t18-,19?,20?/m1/s1. The summed E-state index contributed by atoms with van der Waals surface area (Å²) in [7, 11) is 1.24. The van der Waals surface area contributed by atoms with Gasteiger partial charge in [-0.3, -0.25) is 9.59 Å². The van der Waals surface area contributed by atoms with E-state index in [2.05, 4.69) is 21.3 Å². The average Bonchev–Trinajstić information content (AvgIpc) is 3.38. The van der Waals surface area contributed by atoms with Gasteiger partial charge in [0, 0.05) is 6.54 Å². The van der Waals surface area contributed by atoms with Gasteiger partial charge in [-0.2, -0.15) is 0 Å². The largest absolute Gasteiger partial charge is 0.467 e. The monoisotopic (exact) mass is 476 g/mol. The van der Waals surface area contributed by atoms with Crippen LogP contribution >= 0.6 is 0 Å². The first-order chi connectivity index (χ1) is 16.3. The Hall–Kier alpha value is -3.14. The van der Waals surface area contributed by atoms with Crippen LogP contribution in [0.15, 0.2) is 30.3 Å². The van der Waals surface area contributed by atoms with E-state index >= 15 is 0 Å². The predicted molar refractivity (Wildman–Crippen MR) is 126 cm³/mol. The van der Waals surface area contributed by atoms with Crippen molar-refractivity contribution in [3.8, 4) is 0 Å². The van der Waals surface area contributed by atoms with Crippen molar-refractivity contribution in [3.05, 3.63) is 35.9 Å². The Morgan fingerprint density at radius 3 is 2.47 bits per heavy atom. The first-order valence-electron chi connectivity index (χ1n) is 11.7. The molecule has 2 unspecified atom stereocenters. The number of hydrogen-bond donors (Lipinski definition) is 4. The van der Waals surface area contributed by atoms with Crippen molar-refractivity contribution >= 4 is 23.9 Å². The van der Waals surface area contributed by atoms with Crippen molar-refractivity contribution in [1.29, 1.82) is 0 Å². The van der Waals surface area contributed by atoms with Crippen molar-refractivity contribution in [1.82, 2.24) is 21.3 Å². The van der Waals surface area contributed by atoms with Crippen LogP contribution in [0.4, 0.5) is 4.79 Å². The van der Waals surface area contributed by atoms with Crippen LogP contribution in [0, 0.1) is 5.92 Å². The highest BCUT2D eigenvalue weighted by Crippen LogP contribution is 2.09. The summed E-state index contributed by atoms with van der Waals surface area (Å²) in [6, 6.07) is 7.32. The van der Waals surface area contributed by atoms with Crippen LogP contribution in [0.3, 0.4) is 0 Å². The summed E-state index contributed by atoms with van der Waals surface area (Å²) in [4.78, 5) is 49.4. The average molecular weight is 477 g/mol. The van der Waals surface area contributed by atoms with Gasteiger partial charge in [0.25, 0.3) is 0 Å². The van der Waals surface area contributed by atoms with E-state index in [0.717, 1.165) is 24.9 Å². The summed E-state index contributed by atoms with van der Waals surface area (Å²) in [6.07, 6.45) is 1.73. The van der Waals surface area contributed by atoms with E-state index in [1.807, 2.05) is 44.2 Å². The fraction of sp³-hybridized carbons (Fsp3) is 0.583. The van der Waals surface area contributed by atoms with Crippen LogP contribution in [0.1, 0.15) is 45.1 Å². The number of rotatable bonds is 12. The number of carbonyl (C=O) groups excluding carboxylic acids is 4. The summed E-state index contributed by atoms with van der Waals surface area (Å²) in [5.41, 5.74) is 0.877. The first-order valence-corrected chi connectivity index (χ1v) is 11.7. The second-order valence-corrected chi connectivity index (χ2v) is 8.59. The highest BCUT2D eigenvalue weighted by molar-refractivity contribution is 5.92. The number of nitrogens with one attached hydrogen (secondary N) is 4. The quantitative estimate of drug-likeness (QED) is 0.263. The Bertz CT molecular complexity index is 811. The maximum Gasteiger partial charge on any atom is 0.407 e. The van der Waals surface area contributed by atoms with E-state index in [1.165, 1.54) is 7.11 Å². The zero-order chi connectivity index (χ0) is 24.9. The lowest BCUT2D eigenvalue weighted by atomic mass is 10.0. The number of alkyl carbamates (subject to hydrolysis) is 1. The third-order valence-electron chi connectivity index (χ3n) is 5.58. The lowest BCUT2D eigenvalue weighted by Gasteiger charge is -2.25. The third kappa shape index (κ3) is 9.01. The van der Waals surface area contributed by atoms with E-state index in [9.17, 15) is 19.2 Å². The molecule has 0 bridgehead atoms. The zero-order valence-corrected chi connectivity index (χ0v) is 20.1.